The van der Waals surface area contributed by atoms with E-state index in [9.17, 15) is 4.79 Å². The minimum Gasteiger partial charge on any atom is -0.371 e. The van der Waals surface area contributed by atoms with E-state index in [4.69, 9.17) is 0 Å². The molecule has 1 aliphatic rings. The van der Waals surface area contributed by atoms with Gasteiger partial charge in [0.1, 0.15) is 0 Å². The van der Waals surface area contributed by atoms with Crippen molar-refractivity contribution in [1.29, 1.82) is 0 Å². The highest BCUT2D eigenvalue weighted by Crippen LogP contribution is 2.26. The third-order valence-corrected chi connectivity index (χ3v) is 5.19. The van der Waals surface area contributed by atoms with Crippen molar-refractivity contribution in [2.24, 2.45) is 0 Å². The van der Waals surface area contributed by atoms with Gasteiger partial charge in [0.15, 0.2) is 0 Å². The average molecular weight is 368 g/mol. The Morgan fingerprint density at radius 2 is 2.15 bits per heavy atom. The van der Waals surface area contributed by atoms with E-state index in [-0.39, 0.29) is 11.7 Å². The van der Waals surface area contributed by atoms with Gasteiger partial charge < -0.3 is 10.2 Å². The van der Waals surface area contributed by atoms with E-state index in [1.165, 1.54) is 35.9 Å². The summed E-state index contributed by atoms with van der Waals surface area (Å²) in [6.45, 7) is 4.32. The average Bonchev–Trinajstić information content (AvgIpc) is 3.29. The molecular formula is C18H20N6OS. The Labute approximate surface area is 155 Å². The standard InChI is InChI=1S/C18H20N6OS/c1-13-11-14(5-6-15(13)23-8-2-3-9-23)20-16(25)12-26-18-21-17-19-7-4-10-24(17)22-18/h4-7,10-11H,2-3,8-9,12H2,1H3,(H,20,25). The zero-order valence-electron chi connectivity index (χ0n) is 14.6. The number of nitrogens with zero attached hydrogens (tertiary/aromatic N) is 5. The molecule has 1 aliphatic heterocycles. The van der Waals surface area contributed by atoms with Crippen LogP contribution in [0, 0.1) is 6.92 Å². The van der Waals surface area contributed by atoms with Crippen LogP contribution in [0.3, 0.4) is 0 Å². The summed E-state index contributed by atoms with van der Waals surface area (Å²) in [4.78, 5) is 23.0. The largest absolute Gasteiger partial charge is 0.371 e. The van der Waals surface area contributed by atoms with Crippen LogP contribution in [0.1, 0.15) is 18.4 Å². The first kappa shape index (κ1) is 16.8. The lowest BCUT2D eigenvalue weighted by atomic mass is 10.1. The van der Waals surface area contributed by atoms with Gasteiger partial charge in [-0.25, -0.2) is 9.50 Å². The van der Waals surface area contributed by atoms with Crippen LogP contribution in [-0.2, 0) is 4.79 Å². The van der Waals surface area contributed by atoms with Gasteiger partial charge >= 0.3 is 0 Å². The van der Waals surface area contributed by atoms with Crippen molar-refractivity contribution in [1.82, 2.24) is 19.6 Å². The topological polar surface area (TPSA) is 75.4 Å². The Balaban J connectivity index is 1.36. The Hall–Kier alpha value is -2.61. The molecule has 0 aliphatic carbocycles. The number of rotatable bonds is 5. The van der Waals surface area contributed by atoms with Gasteiger partial charge in [0.05, 0.1) is 5.75 Å². The zero-order valence-corrected chi connectivity index (χ0v) is 15.4. The molecular weight excluding hydrogens is 348 g/mol. The first-order valence-corrected chi connectivity index (χ1v) is 9.63. The number of carbonyl (C=O) groups excluding carboxylic acids is 1. The van der Waals surface area contributed by atoms with Gasteiger partial charge in [-0.1, -0.05) is 11.8 Å². The molecule has 1 amide bonds. The number of hydrogen-bond donors (Lipinski definition) is 1. The van der Waals surface area contributed by atoms with Crippen LogP contribution in [0.4, 0.5) is 11.4 Å². The third kappa shape index (κ3) is 3.65. The van der Waals surface area contributed by atoms with E-state index in [1.807, 2.05) is 12.1 Å². The Morgan fingerprint density at radius 3 is 2.92 bits per heavy atom. The number of nitrogens with one attached hydrogen (secondary N) is 1. The fraction of sp³-hybridized carbons (Fsp3) is 0.333. The Bertz CT molecular complexity index is 901. The summed E-state index contributed by atoms with van der Waals surface area (Å²) in [5, 5.41) is 7.77. The van der Waals surface area contributed by atoms with Gasteiger partial charge in [-0.15, -0.1) is 5.10 Å². The zero-order chi connectivity index (χ0) is 17.9. The number of carbonyl (C=O) groups is 1. The van der Waals surface area contributed by atoms with E-state index >= 15 is 0 Å². The van der Waals surface area contributed by atoms with E-state index in [1.54, 1.807) is 23.0 Å². The lowest BCUT2D eigenvalue weighted by molar-refractivity contribution is -0.113. The Morgan fingerprint density at radius 1 is 1.31 bits per heavy atom. The van der Waals surface area contributed by atoms with Crippen LogP contribution in [0.5, 0.6) is 0 Å². The summed E-state index contributed by atoms with van der Waals surface area (Å²) in [7, 11) is 0. The van der Waals surface area contributed by atoms with Gasteiger partial charge in [0.2, 0.25) is 11.1 Å². The third-order valence-electron chi connectivity index (χ3n) is 4.36. The number of anilines is 2. The molecule has 4 rings (SSSR count). The molecule has 1 saturated heterocycles. The highest BCUT2D eigenvalue weighted by Gasteiger charge is 2.15. The number of hydrogen-bond acceptors (Lipinski definition) is 6. The summed E-state index contributed by atoms with van der Waals surface area (Å²) >= 11 is 1.30. The minimum absolute atomic E-state index is 0.0739. The number of thioether (sulfide) groups is 1. The summed E-state index contributed by atoms with van der Waals surface area (Å²) in [6, 6.07) is 7.88. The second-order valence-electron chi connectivity index (χ2n) is 6.29. The van der Waals surface area contributed by atoms with E-state index in [0.29, 0.717) is 10.9 Å². The number of aryl methyl sites for hydroxylation is 1. The molecule has 8 heteroatoms. The van der Waals surface area contributed by atoms with E-state index in [2.05, 4.69) is 38.3 Å². The molecule has 0 bridgehead atoms. The molecule has 134 valence electrons. The number of aromatic nitrogens is 4. The smallest absolute Gasteiger partial charge is 0.253 e. The fourth-order valence-electron chi connectivity index (χ4n) is 3.15. The Kier molecular flexibility index (Phi) is 4.75. The number of benzene rings is 1. The van der Waals surface area contributed by atoms with Crippen molar-refractivity contribution >= 4 is 34.8 Å². The molecule has 3 aromatic rings. The van der Waals surface area contributed by atoms with Crippen molar-refractivity contribution in [2.75, 3.05) is 29.1 Å². The molecule has 0 atom stereocenters. The maximum atomic E-state index is 12.2. The van der Waals surface area contributed by atoms with Crippen LogP contribution < -0.4 is 10.2 Å². The minimum atomic E-state index is -0.0739. The second-order valence-corrected chi connectivity index (χ2v) is 7.23. The molecule has 3 heterocycles. The van der Waals surface area contributed by atoms with Crippen molar-refractivity contribution in [3.05, 3.63) is 42.2 Å². The quantitative estimate of drug-likeness (QED) is 0.698. The van der Waals surface area contributed by atoms with Gasteiger partial charge in [-0.2, -0.15) is 4.98 Å². The SMILES string of the molecule is Cc1cc(NC(=O)CSc2nc3ncccn3n2)ccc1N1CCCC1. The summed E-state index contributed by atoms with van der Waals surface area (Å²) < 4.78 is 1.60. The van der Waals surface area contributed by atoms with Gasteiger partial charge in [-0.3, -0.25) is 4.79 Å². The van der Waals surface area contributed by atoms with Crippen molar-refractivity contribution in [2.45, 2.75) is 24.9 Å². The van der Waals surface area contributed by atoms with Crippen LogP contribution in [0.2, 0.25) is 0 Å². The number of fused-ring (bicyclic) bond motifs is 1. The first-order chi connectivity index (χ1) is 12.7. The first-order valence-electron chi connectivity index (χ1n) is 8.65. The second kappa shape index (κ2) is 7.33. The van der Waals surface area contributed by atoms with Gasteiger partial charge in [0.25, 0.3) is 5.78 Å². The molecule has 2 aromatic heterocycles. The fourth-order valence-corrected chi connectivity index (χ4v) is 3.77. The maximum absolute atomic E-state index is 12.2. The highest BCUT2D eigenvalue weighted by atomic mass is 32.2. The molecule has 1 aromatic carbocycles. The normalized spacial score (nSPS) is 14.1. The predicted octanol–water partition coefficient (Wildman–Crippen LogP) is 2.76. The maximum Gasteiger partial charge on any atom is 0.253 e. The number of amides is 1. The molecule has 1 N–H and O–H groups in total. The summed E-state index contributed by atoms with van der Waals surface area (Å²) in [5.41, 5.74) is 3.27. The van der Waals surface area contributed by atoms with Crippen molar-refractivity contribution in [3.63, 3.8) is 0 Å². The highest BCUT2D eigenvalue weighted by molar-refractivity contribution is 7.99. The molecule has 1 fully saturated rings. The molecule has 0 radical (unpaired) electrons. The summed E-state index contributed by atoms with van der Waals surface area (Å²) in [5.74, 6) is 0.711. The van der Waals surface area contributed by atoms with E-state index < -0.39 is 0 Å². The van der Waals surface area contributed by atoms with Crippen molar-refractivity contribution < 1.29 is 4.79 Å². The van der Waals surface area contributed by atoms with E-state index in [0.717, 1.165) is 18.8 Å². The molecule has 0 saturated carbocycles. The van der Waals surface area contributed by atoms with Crippen LogP contribution in [0.15, 0.2) is 41.8 Å². The molecule has 26 heavy (non-hydrogen) atoms. The summed E-state index contributed by atoms with van der Waals surface area (Å²) in [6.07, 6.45) is 5.95. The van der Waals surface area contributed by atoms with Crippen LogP contribution in [-0.4, -0.2) is 44.3 Å². The van der Waals surface area contributed by atoms with Crippen LogP contribution in [0.25, 0.3) is 5.78 Å². The molecule has 0 spiro atoms. The molecule has 0 unspecified atom stereocenters. The molecule has 7 nitrogen and oxygen atoms in total. The van der Waals surface area contributed by atoms with Crippen LogP contribution >= 0.6 is 11.8 Å². The van der Waals surface area contributed by atoms with Gasteiger partial charge in [0, 0.05) is 36.9 Å². The van der Waals surface area contributed by atoms with Crippen molar-refractivity contribution in [3.8, 4) is 0 Å². The lowest BCUT2D eigenvalue weighted by Gasteiger charge is -2.20. The van der Waals surface area contributed by atoms with Gasteiger partial charge in [-0.05, 0) is 49.6 Å². The lowest BCUT2D eigenvalue weighted by Crippen LogP contribution is -2.19. The predicted molar refractivity (Wildman–Crippen MR) is 103 cm³/mol. The monoisotopic (exact) mass is 368 g/mol.